The zero-order valence-corrected chi connectivity index (χ0v) is 15.1. The molecule has 23 heavy (non-hydrogen) atoms. The summed E-state index contributed by atoms with van der Waals surface area (Å²) < 4.78 is 11.4. The Morgan fingerprint density at radius 1 is 1.35 bits per heavy atom. The van der Waals surface area contributed by atoms with Gasteiger partial charge in [-0.05, 0) is 49.5 Å². The van der Waals surface area contributed by atoms with Gasteiger partial charge >= 0.3 is 0 Å². The molecule has 0 aromatic heterocycles. The lowest BCUT2D eigenvalue weighted by Gasteiger charge is -2.56. The lowest BCUT2D eigenvalue weighted by molar-refractivity contribution is -0.0662. The Morgan fingerprint density at radius 2 is 2.04 bits per heavy atom. The van der Waals surface area contributed by atoms with E-state index >= 15 is 0 Å². The molecule has 132 valence electrons. The number of morpholine rings is 1. The highest BCUT2D eigenvalue weighted by Gasteiger charge is 2.50. The Bertz CT molecular complexity index is 438. The number of hydrogen-bond acceptors (Lipinski definition) is 4. The molecule has 0 amide bonds. The second-order valence-corrected chi connectivity index (χ2v) is 8.42. The van der Waals surface area contributed by atoms with Crippen LogP contribution in [0, 0.1) is 17.3 Å². The van der Waals surface area contributed by atoms with Gasteiger partial charge in [0.15, 0.2) is 0 Å². The van der Waals surface area contributed by atoms with Crippen molar-refractivity contribution in [2.45, 2.75) is 58.7 Å². The van der Waals surface area contributed by atoms with Crippen LogP contribution in [-0.4, -0.2) is 61.2 Å². The van der Waals surface area contributed by atoms with E-state index in [0.29, 0.717) is 43.2 Å². The summed E-state index contributed by atoms with van der Waals surface area (Å²) in [5.41, 5.74) is 1.91. The van der Waals surface area contributed by atoms with Crippen molar-refractivity contribution in [1.82, 2.24) is 4.90 Å². The molecule has 0 unspecified atom stereocenters. The molecule has 1 saturated heterocycles. The molecule has 2 bridgehead atoms. The zero-order valence-electron chi connectivity index (χ0n) is 15.1. The molecule has 2 fully saturated rings. The van der Waals surface area contributed by atoms with Gasteiger partial charge in [-0.2, -0.15) is 0 Å². The van der Waals surface area contributed by atoms with E-state index in [1.165, 1.54) is 18.4 Å². The summed E-state index contributed by atoms with van der Waals surface area (Å²) in [5.74, 6) is 1.56. The van der Waals surface area contributed by atoms with Crippen molar-refractivity contribution in [1.29, 1.82) is 0 Å². The number of β-amino-alcohol motifs (C(OH)–C–C–N with tert-alkyl or cyclic N) is 1. The van der Waals surface area contributed by atoms with E-state index < -0.39 is 6.10 Å². The molecule has 4 nitrogen and oxygen atoms in total. The minimum Gasteiger partial charge on any atom is -0.389 e. The van der Waals surface area contributed by atoms with Crippen LogP contribution in [-0.2, 0) is 9.47 Å². The fourth-order valence-corrected chi connectivity index (χ4v) is 4.64. The molecule has 0 spiro atoms. The van der Waals surface area contributed by atoms with E-state index in [-0.39, 0.29) is 0 Å². The van der Waals surface area contributed by atoms with Gasteiger partial charge in [-0.15, -0.1) is 0 Å². The zero-order chi connectivity index (χ0) is 16.6. The van der Waals surface area contributed by atoms with E-state index in [0.717, 1.165) is 19.1 Å². The maximum absolute atomic E-state index is 10.3. The molecule has 1 aliphatic heterocycles. The van der Waals surface area contributed by atoms with E-state index in [2.05, 4.69) is 38.7 Å². The van der Waals surface area contributed by atoms with Crippen LogP contribution >= 0.6 is 0 Å². The third-order valence-electron chi connectivity index (χ3n) is 6.43. The van der Waals surface area contributed by atoms with Crippen molar-refractivity contribution >= 4 is 0 Å². The van der Waals surface area contributed by atoms with Gasteiger partial charge in [-0.1, -0.05) is 19.9 Å². The number of ether oxygens (including phenoxy) is 2. The molecule has 4 rings (SSSR count). The molecule has 5 atom stereocenters. The van der Waals surface area contributed by atoms with Crippen molar-refractivity contribution in [2.75, 3.05) is 33.0 Å². The first-order chi connectivity index (χ1) is 10.9. The number of allylic oxidation sites excluding steroid dienone is 1. The van der Waals surface area contributed by atoms with Crippen LogP contribution in [0.15, 0.2) is 11.6 Å². The minimum atomic E-state index is -0.427. The Balaban J connectivity index is 1.41. The van der Waals surface area contributed by atoms with Gasteiger partial charge in [0, 0.05) is 18.6 Å². The molecule has 4 heteroatoms. The van der Waals surface area contributed by atoms with Crippen LogP contribution in [0.5, 0.6) is 0 Å². The van der Waals surface area contributed by atoms with Crippen LogP contribution in [0.3, 0.4) is 0 Å². The van der Waals surface area contributed by atoms with E-state index in [4.69, 9.17) is 9.47 Å². The third-order valence-corrected chi connectivity index (χ3v) is 6.43. The molecule has 4 aliphatic rings. The summed E-state index contributed by atoms with van der Waals surface area (Å²) in [4.78, 5) is 2.33. The number of hydrogen-bond donors (Lipinski definition) is 1. The van der Waals surface area contributed by atoms with Gasteiger partial charge < -0.3 is 14.6 Å². The van der Waals surface area contributed by atoms with E-state index in [9.17, 15) is 5.11 Å². The number of aliphatic hydroxyl groups is 1. The summed E-state index contributed by atoms with van der Waals surface area (Å²) in [6.07, 6.45) is 4.48. The second-order valence-electron chi connectivity index (χ2n) is 8.42. The van der Waals surface area contributed by atoms with Gasteiger partial charge in [-0.25, -0.2) is 0 Å². The SMILES string of the molecule is C[C@@H]1COC[C@@H](C)N1C[C@@H](O)COCC1=CC[C@H]2C[C@H]1C2(C)C. The monoisotopic (exact) mass is 323 g/mol. The predicted octanol–water partition coefficient (Wildman–Crippen LogP) is 2.47. The van der Waals surface area contributed by atoms with Crippen LogP contribution in [0.4, 0.5) is 0 Å². The smallest absolute Gasteiger partial charge is 0.0900 e. The Kier molecular flexibility index (Phi) is 5.17. The van der Waals surface area contributed by atoms with Crippen LogP contribution in [0.2, 0.25) is 0 Å². The third kappa shape index (κ3) is 3.51. The molecule has 0 aromatic carbocycles. The van der Waals surface area contributed by atoms with Gasteiger partial charge in [0.1, 0.15) is 0 Å². The summed E-state index contributed by atoms with van der Waals surface area (Å²) in [5, 5.41) is 10.3. The summed E-state index contributed by atoms with van der Waals surface area (Å²) in [6.45, 7) is 12.4. The number of fused-ring (bicyclic) bond motifs is 1. The number of nitrogens with zero attached hydrogens (tertiary/aromatic N) is 1. The van der Waals surface area contributed by atoms with Gasteiger partial charge in [0.25, 0.3) is 0 Å². The Morgan fingerprint density at radius 3 is 2.65 bits per heavy atom. The van der Waals surface area contributed by atoms with E-state index in [1.54, 1.807) is 0 Å². The summed E-state index contributed by atoms with van der Waals surface area (Å²) in [7, 11) is 0. The Hall–Kier alpha value is -0.420. The lowest BCUT2D eigenvalue weighted by Crippen LogP contribution is -2.52. The maximum Gasteiger partial charge on any atom is 0.0900 e. The predicted molar refractivity (Wildman–Crippen MR) is 91.4 cm³/mol. The first-order valence-corrected chi connectivity index (χ1v) is 9.17. The fraction of sp³-hybridized carbons (Fsp3) is 0.895. The van der Waals surface area contributed by atoms with Gasteiger partial charge in [-0.3, -0.25) is 4.90 Å². The highest BCUT2D eigenvalue weighted by atomic mass is 16.5. The summed E-state index contributed by atoms with van der Waals surface area (Å²) >= 11 is 0. The maximum atomic E-state index is 10.3. The molecule has 0 aromatic rings. The lowest BCUT2D eigenvalue weighted by atomic mass is 9.49. The van der Waals surface area contributed by atoms with Crippen LogP contribution in [0.1, 0.15) is 40.5 Å². The highest BCUT2D eigenvalue weighted by molar-refractivity contribution is 5.23. The topological polar surface area (TPSA) is 41.9 Å². The van der Waals surface area contributed by atoms with Crippen molar-refractivity contribution in [3.63, 3.8) is 0 Å². The molecule has 1 saturated carbocycles. The molecular weight excluding hydrogens is 290 g/mol. The molecule has 1 N–H and O–H groups in total. The van der Waals surface area contributed by atoms with Crippen LogP contribution < -0.4 is 0 Å². The number of aliphatic hydroxyl groups excluding tert-OH is 1. The van der Waals surface area contributed by atoms with Gasteiger partial charge in [0.2, 0.25) is 0 Å². The van der Waals surface area contributed by atoms with Crippen molar-refractivity contribution < 1.29 is 14.6 Å². The largest absolute Gasteiger partial charge is 0.389 e. The fourth-order valence-electron chi connectivity index (χ4n) is 4.64. The normalized spacial score (nSPS) is 37.9. The van der Waals surface area contributed by atoms with Crippen molar-refractivity contribution in [2.24, 2.45) is 17.3 Å². The molecule has 1 heterocycles. The van der Waals surface area contributed by atoms with Gasteiger partial charge in [0.05, 0.1) is 32.5 Å². The quantitative estimate of drug-likeness (QED) is 0.763. The first-order valence-electron chi connectivity index (χ1n) is 9.17. The Labute approximate surface area is 140 Å². The van der Waals surface area contributed by atoms with Crippen LogP contribution in [0.25, 0.3) is 0 Å². The highest BCUT2D eigenvalue weighted by Crippen LogP contribution is 2.59. The molecular formula is C19H33NO3. The average Bonchev–Trinajstić information content (AvgIpc) is 2.51. The first kappa shape index (κ1) is 17.4. The summed E-state index contributed by atoms with van der Waals surface area (Å²) in [6, 6.07) is 0.726. The molecule has 3 aliphatic carbocycles. The van der Waals surface area contributed by atoms with Crippen molar-refractivity contribution in [3.8, 4) is 0 Å². The standard InChI is InChI=1S/C19H33NO3/c1-13-9-22-10-14(2)20(13)8-17(21)12-23-11-15-5-6-16-7-18(15)19(16,3)4/h5,13-14,16-18,21H,6-12H2,1-4H3/t13-,14-,16+,17-,18-/m1/s1. The molecule has 0 radical (unpaired) electrons. The average molecular weight is 323 g/mol. The van der Waals surface area contributed by atoms with Crippen molar-refractivity contribution in [3.05, 3.63) is 11.6 Å². The minimum absolute atomic E-state index is 0.363. The van der Waals surface area contributed by atoms with E-state index in [1.807, 2.05) is 0 Å². The number of rotatable bonds is 6. The second kappa shape index (κ2) is 6.83.